The van der Waals surface area contributed by atoms with Crippen molar-refractivity contribution in [1.82, 2.24) is 4.98 Å². The van der Waals surface area contributed by atoms with E-state index in [-0.39, 0.29) is 17.1 Å². The number of aromatic nitrogens is 1. The molecule has 0 aliphatic carbocycles. The van der Waals surface area contributed by atoms with Crippen LogP contribution in [0.5, 0.6) is 0 Å². The van der Waals surface area contributed by atoms with E-state index in [2.05, 4.69) is 10.3 Å². The maximum atomic E-state index is 13.1. The number of aldehydes is 1. The predicted molar refractivity (Wildman–Crippen MR) is 70.9 cm³/mol. The summed E-state index contributed by atoms with van der Waals surface area (Å²) in [4.78, 5) is 14.2. The Balaban J connectivity index is 2.80. The van der Waals surface area contributed by atoms with Gasteiger partial charge in [-0.2, -0.15) is 26.3 Å². The van der Waals surface area contributed by atoms with Gasteiger partial charge in [0, 0.05) is 17.3 Å². The van der Waals surface area contributed by atoms with Gasteiger partial charge < -0.3 is 10.1 Å². The minimum Gasteiger partial charge on any atom is -0.375 e. The first kappa shape index (κ1) is 17.0. The number of nitrogens with one attached hydrogen (secondary N) is 1. The van der Waals surface area contributed by atoms with Crippen molar-refractivity contribution >= 4 is 22.9 Å². The summed E-state index contributed by atoms with van der Waals surface area (Å²) in [7, 11) is 0. The minimum atomic E-state index is -5.00. The van der Waals surface area contributed by atoms with Gasteiger partial charge in [0.2, 0.25) is 0 Å². The molecule has 1 aromatic carbocycles. The summed E-state index contributed by atoms with van der Waals surface area (Å²) in [6, 6.07) is 1.03. The van der Waals surface area contributed by atoms with Crippen LogP contribution in [0.15, 0.2) is 24.4 Å². The summed E-state index contributed by atoms with van der Waals surface area (Å²) < 4.78 is 77.8. The van der Waals surface area contributed by atoms with Gasteiger partial charge in [0.25, 0.3) is 0 Å². The second-order valence-corrected chi connectivity index (χ2v) is 4.84. The van der Waals surface area contributed by atoms with Gasteiger partial charge in [-0.3, -0.25) is 4.98 Å². The fourth-order valence-corrected chi connectivity index (χ4v) is 2.04. The quantitative estimate of drug-likeness (QED) is 0.672. The van der Waals surface area contributed by atoms with E-state index in [9.17, 15) is 31.1 Å². The second kappa shape index (κ2) is 5.71. The Morgan fingerprint density at radius 1 is 1.13 bits per heavy atom. The zero-order valence-corrected chi connectivity index (χ0v) is 11.6. The number of pyridine rings is 1. The van der Waals surface area contributed by atoms with Crippen molar-refractivity contribution in [2.75, 3.05) is 5.32 Å². The van der Waals surface area contributed by atoms with Crippen LogP contribution in [0.2, 0.25) is 0 Å². The van der Waals surface area contributed by atoms with Gasteiger partial charge in [0.1, 0.15) is 6.29 Å². The number of alkyl halides is 6. The Morgan fingerprint density at radius 2 is 1.78 bits per heavy atom. The van der Waals surface area contributed by atoms with E-state index in [0.29, 0.717) is 12.4 Å². The monoisotopic (exact) mass is 336 g/mol. The molecule has 124 valence electrons. The van der Waals surface area contributed by atoms with Gasteiger partial charge in [-0.15, -0.1) is 0 Å². The maximum Gasteiger partial charge on any atom is 0.418 e. The molecule has 1 aromatic heterocycles. The Bertz CT molecular complexity index is 738. The van der Waals surface area contributed by atoms with Gasteiger partial charge in [0.05, 0.1) is 22.7 Å². The lowest BCUT2D eigenvalue weighted by Crippen LogP contribution is -2.17. The first-order valence-electron chi connectivity index (χ1n) is 6.33. The molecule has 0 spiro atoms. The number of hydrogen-bond acceptors (Lipinski definition) is 3. The van der Waals surface area contributed by atoms with Crippen LogP contribution in [0.25, 0.3) is 10.9 Å². The molecule has 1 heterocycles. The average molecular weight is 336 g/mol. The van der Waals surface area contributed by atoms with Crippen LogP contribution in [0.4, 0.5) is 32.0 Å². The summed E-state index contributed by atoms with van der Waals surface area (Å²) in [5.41, 5.74) is -3.57. The third-order valence-corrected chi connectivity index (χ3v) is 3.06. The summed E-state index contributed by atoms with van der Waals surface area (Å²) >= 11 is 0. The molecule has 0 bridgehead atoms. The highest BCUT2D eigenvalue weighted by atomic mass is 19.4. The molecule has 0 amide bonds. The highest BCUT2D eigenvalue weighted by molar-refractivity contribution is 5.94. The molecule has 0 fully saturated rings. The van der Waals surface area contributed by atoms with Gasteiger partial charge >= 0.3 is 12.4 Å². The SMILES string of the molecule is CC(C=O)Nc1ccnc2c(C(F)(F)F)cc(C(F)(F)F)cc12. The fraction of sp³-hybridized carbons (Fsp3) is 0.286. The minimum absolute atomic E-state index is 0.0300. The molecule has 1 N–H and O–H groups in total. The standard InChI is InChI=1S/C14H10F6N2O/c1-7(6-23)22-11-2-3-21-12-9(11)4-8(13(15,16)17)5-10(12)14(18,19)20/h2-7H,1H3,(H,21,22). The van der Waals surface area contributed by atoms with E-state index in [0.717, 1.165) is 6.20 Å². The zero-order chi connectivity index (χ0) is 17.4. The molecule has 0 saturated heterocycles. The summed E-state index contributed by atoms with van der Waals surface area (Å²) in [5, 5.41) is 2.19. The first-order valence-corrected chi connectivity index (χ1v) is 6.33. The lowest BCUT2D eigenvalue weighted by Gasteiger charge is -2.17. The third-order valence-electron chi connectivity index (χ3n) is 3.06. The molecule has 1 unspecified atom stereocenters. The second-order valence-electron chi connectivity index (χ2n) is 4.84. The lowest BCUT2D eigenvalue weighted by atomic mass is 10.0. The van der Waals surface area contributed by atoms with Gasteiger partial charge in [-0.25, -0.2) is 0 Å². The predicted octanol–water partition coefficient (Wildman–Crippen LogP) is 4.27. The highest BCUT2D eigenvalue weighted by Gasteiger charge is 2.38. The number of hydrogen-bond donors (Lipinski definition) is 1. The molecule has 9 heteroatoms. The Labute approximate surface area is 126 Å². The van der Waals surface area contributed by atoms with Crippen molar-refractivity contribution in [3.8, 4) is 0 Å². The molecule has 23 heavy (non-hydrogen) atoms. The van der Waals surface area contributed by atoms with Crippen molar-refractivity contribution in [3.05, 3.63) is 35.5 Å². The number of halogens is 6. The molecule has 0 aliphatic heterocycles. The zero-order valence-electron chi connectivity index (χ0n) is 11.6. The number of fused-ring (bicyclic) bond motifs is 1. The summed E-state index contributed by atoms with van der Waals surface area (Å²) in [5.74, 6) is 0. The molecule has 0 saturated carbocycles. The normalized spacial score (nSPS) is 13.9. The smallest absolute Gasteiger partial charge is 0.375 e. The van der Waals surface area contributed by atoms with Crippen LogP contribution < -0.4 is 5.32 Å². The van der Waals surface area contributed by atoms with E-state index in [1.54, 1.807) is 0 Å². The fourth-order valence-electron chi connectivity index (χ4n) is 2.04. The van der Waals surface area contributed by atoms with E-state index < -0.39 is 35.0 Å². The molecule has 0 aliphatic rings. The van der Waals surface area contributed by atoms with Crippen LogP contribution in [0, 0.1) is 0 Å². The van der Waals surface area contributed by atoms with E-state index in [4.69, 9.17) is 0 Å². The summed E-state index contributed by atoms with van der Waals surface area (Å²) in [6.07, 6.45) is -8.44. The first-order chi connectivity index (χ1) is 10.5. The number of anilines is 1. The third kappa shape index (κ3) is 3.54. The van der Waals surface area contributed by atoms with Crippen molar-refractivity contribution in [3.63, 3.8) is 0 Å². The number of nitrogens with zero attached hydrogens (tertiary/aromatic N) is 1. The van der Waals surface area contributed by atoms with Crippen LogP contribution in [0.3, 0.4) is 0 Å². The van der Waals surface area contributed by atoms with Crippen molar-refractivity contribution in [2.24, 2.45) is 0 Å². The molecule has 2 rings (SSSR count). The van der Waals surface area contributed by atoms with E-state index in [1.165, 1.54) is 13.0 Å². The average Bonchev–Trinajstić information content (AvgIpc) is 2.44. The molecule has 1 atom stereocenters. The number of rotatable bonds is 3. The van der Waals surface area contributed by atoms with Gasteiger partial charge in [-0.05, 0) is 25.1 Å². The van der Waals surface area contributed by atoms with Crippen molar-refractivity contribution in [2.45, 2.75) is 25.3 Å². The maximum absolute atomic E-state index is 13.1. The lowest BCUT2D eigenvalue weighted by molar-refractivity contribution is -0.142. The molecular formula is C14H10F6N2O. The number of benzene rings is 1. The molecule has 3 nitrogen and oxygen atoms in total. The summed E-state index contributed by atoms with van der Waals surface area (Å²) in [6.45, 7) is 1.41. The Morgan fingerprint density at radius 3 is 2.30 bits per heavy atom. The van der Waals surface area contributed by atoms with Crippen LogP contribution in [-0.4, -0.2) is 17.3 Å². The van der Waals surface area contributed by atoms with E-state index >= 15 is 0 Å². The van der Waals surface area contributed by atoms with E-state index in [1.807, 2.05) is 0 Å². The molecule has 0 radical (unpaired) electrons. The van der Waals surface area contributed by atoms with Crippen LogP contribution >= 0.6 is 0 Å². The Hall–Kier alpha value is -2.32. The highest BCUT2D eigenvalue weighted by Crippen LogP contribution is 2.40. The van der Waals surface area contributed by atoms with Crippen molar-refractivity contribution < 1.29 is 31.1 Å². The largest absolute Gasteiger partial charge is 0.418 e. The number of carbonyl (C=O) groups excluding carboxylic acids is 1. The van der Waals surface area contributed by atoms with Gasteiger partial charge in [0.15, 0.2) is 0 Å². The number of carbonyl (C=O) groups is 1. The Kier molecular flexibility index (Phi) is 4.23. The molecular weight excluding hydrogens is 326 g/mol. The van der Waals surface area contributed by atoms with Crippen molar-refractivity contribution in [1.29, 1.82) is 0 Å². The molecule has 2 aromatic rings. The van der Waals surface area contributed by atoms with Crippen LogP contribution in [-0.2, 0) is 17.1 Å². The topological polar surface area (TPSA) is 42.0 Å². The van der Waals surface area contributed by atoms with Crippen LogP contribution in [0.1, 0.15) is 18.1 Å². The van der Waals surface area contributed by atoms with Gasteiger partial charge in [-0.1, -0.05) is 0 Å².